The van der Waals surface area contributed by atoms with E-state index in [0.29, 0.717) is 5.92 Å². The van der Waals surface area contributed by atoms with Crippen molar-refractivity contribution >= 4 is 0 Å². The Balaban J connectivity index is 3.45. The zero-order valence-corrected chi connectivity index (χ0v) is 9.14. The van der Waals surface area contributed by atoms with Crippen LogP contribution in [0.2, 0.25) is 0 Å². The smallest absolute Gasteiger partial charge is 0.115 e. The first-order chi connectivity index (χ1) is 6.16. The third-order valence-corrected chi connectivity index (χ3v) is 1.87. The molecule has 0 amide bonds. The molecule has 0 aromatic rings. The topological polar surface area (TPSA) is 20.2 Å². The molecule has 76 valence electrons. The second-order valence-electron chi connectivity index (χ2n) is 3.92. The van der Waals surface area contributed by atoms with Crippen LogP contribution in [0.1, 0.15) is 52.9 Å². The summed E-state index contributed by atoms with van der Waals surface area (Å²) in [6, 6.07) is 0. The van der Waals surface area contributed by atoms with Gasteiger partial charge in [0.25, 0.3) is 0 Å². The molecule has 0 spiro atoms. The fourth-order valence-electron chi connectivity index (χ4n) is 1.16. The largest absolute Gasteiger partial charge is 0.380 e. The summed E-state index contributed by atoms with van der Waals surface area (Å²) in [5.41, 5.74) is 0. The van der Waals surface area contributed by atoms with Crippen LogP contribution < -0.4 is 0 Å². The minimum atomic E-state index is -0.415. The Labute approximate surface area is 82.5 Å². The van der Waals surface area contributed by atoms with Crippen molar-refractivity contribution in [2.75, 3.05) is 0 Å². The highest BCUT2D eigenvalue weighted by molar-refractivity contribution is 5.04. The van der Waals surface area contributed by atoms with Gasteiger partial charge in [0, 0.05) is 6.42 Å². The summed E-state index contributed by atoms with van der Waals surface area (Å²) in [6.45, 7) is 6.38. The van der Waals surface area contributed by atoms with Gasteiger partial charge < -0.3 is 5.11 Å². The maximum Gasteiger partial charge on any atom is 0.115 e. The van der Waals surface area contributed by atoms with E-state index in [2.05, 4.69) is 32.6 Å². The molecule has 0 heterocycles. The van der Waals surface area contributed by atoms with E-state index in [9.17, 15) is 5.11 Å². The monoisotopic (exact) mass is 182 g/mol. The van der Waals surface area contributed by atoms with Gasteiger partial charge >= 0.3 is 0 Å². The van der Waals surface area contributed by atoms with Crippen molar-refractivity contribution in [1.82, 2.24) is 0 Å². The lowest BCUT2D eigenvalue weighted by atomic mass is 10.1. The lowest BCUT2D eigenvalue weighted by Crippen LogP contribution is -2.06. The van der Waals surface area contributed by atoms with Crippen LogP contribution in [-0.2, 0) is 0 Å². The highest BCUT2D eigenvalue weighted by atomic mass is 16.3. The zero-order valence-electron chi connectivity index (χ0n) is 9.14. The van der Waals surface area contributed by atoms with Crippen molar-refractivity contribution in [3.05, 3.63) is 0 Å². The molecule has 0 bridgehead atoms. The molecule has 0 radical (unpaired) electrons. The molecule has 1 atom stereocenters. The highest BCUT2D eigenvalue weighted by Crippen LogP contribution is 2.03. The van der Waals surface area contributed by atoms with Gasteiger partial charge in [-0.15, -0.1) is 5.92 Å². The first-order valence-electron chi connectivity index (χ1n) is 5.33. The van der Waals surface area contributed by atoms with Gasteiger partial charge in [-0.3, -0.25) is 0 Å². The van der Waals surface area contributed by atoms with Crippen molar-refractivity contribution in [3.63, 3.8) is 0 Å². The summed E-state index contributed by atoms with van der Waals surface area (Å²) in [5, 5.41) is 9.40. The van der Waals surface area contributed by atoms with E-state index in [1.54, 1.807) is 0 Å². The molecule has 0 rings (SSSR count). The molecule has 0 aliphatic rings. The normalized spacial score (nSPS) is 12.4. The van der Waals surface area contributed by atoms with Gasteiger partial charge in [-0.2, -0.15) is 0 Å². The number of unbranched alkanes of at least 4 members (excludes halogenated alkanes) is 3. The van der Waals surface area contributed by atoms with Crippen molar-refractivity contribution in [3.8, 4) is 11.8 Å². The van der Waals surface area contributed by atoms with Crippen LogP contribution in [-0.4, -0.2) is 11.2 Å². The van der Waals surface area contributed by atoms with E-state index in [1.165, 1.54) is 12.8 Å². The maximum absolute atomic E-state index is 9.40. The van der Waals surface area contributed by atoms with Crippen molar-refractivity contribution in [2.24, 2.45) is 5.92 Å². The summed E-state index contributed by atoms with van der Waals surface area (Å²) in [7, 11) is 0. The van der Waals surface area contributed by atoms with Crippen LogP contribution in [0, 0.1) is 17.8 Å². The van der Waals surface area contributed by atoms with Gasteiger partial charge in [0.05, 0.1) is 0 Å². The lowest BCUT2D eigenvalue weighted by Gasteiger charge is -2.05. The predicted octanol–water partition coefficient (Wildman–Crippen LogP) is 2.98. The van der Waals surface area contributed by atoms with Crippen LogP contribution in [0.25, 0.3) is 0 Å². The minimum Gasteiger partial charge on any atom is -0.380 e. The molecular weight excluding hydrogens is 160 g/mol. The van der Waals surface area contributed by atoms with Gasteiger partial charge in [0.2, 0.25) is 0 Å². The van der Waals surface area contributed by atoms with Gasteiger partial charge in [0.15, 0.2) is 0 Å². The number of hydrogen-bond donors (Lipinski definition) is 1. The highest BCUT2D eigenvalue weighted by Gasteiger charge is 2.01. The SMILES string of the molecule is CCCCCC#CC(O)CC(C)C. The van der Waals surface area contributed by atoms with E-state index in [0.717, 1.165) is 19.3 Å². The van der Waals surface area contributed by atoms with E-state index < -0.39 is 6.10 Å². The average molecular weight is 182 g/mol. The summed E-state index contributed by atoms with van der Waals surface area (Å²) in [5.74, 6) is 6.43. The van der Waals surface area contributed by atoms with Gasteiger partial charge in [-0.25, -0.2) is 0 Å². The standard InChI is InChI=1S/C12H22O/c1-4-5-6-7-8-9-12(13)10-11(2)3/h11-13H,4-7,10H2,1-3H3. The number of rotatable bonds is 5. The second kappa shape index (κ2) is 8.13. The van der Waals surface area contributed by atoms with Crippen molar-refractivity contribution in [1.29, 1.82) is 0 Å². The number of aliphatic hydroxyl groups is 1. The Morgan fingerprint density at radius 1 is 1.23 bits per heavy atom. The Morgan fingerprint density at radius 2 is 1.92 bits per heavy atom. The minimum absolute atomic E-state index is 0.415. The van der Waals surface area contributed by atoms with Crippen LogP contribution in [0.15, 0.2) is 0 Å². The molecule has 0 fully saturated rings. The van der Waals surface area contributed by atoms with Gasteiger partial charge in [-0.1, -0.05) is 39.5 Å². The molecule has 0 saturated heterocycles. The molecule has 0 aromatic carbocycles. The summed E-state index contributed by atoms with van der Waals surface area (Å²) >= 11 is 0. The fourth-order valence-corrected chi connectivity index (χ4v) is 1.16. The number of hydrogen-bond acceptors (Lipinski definition) is 1. The molecule has 1 N–H and O–H groups in total. The molecule has 1 nitrogen and oxygen atoms in total. The Kier molecular flexibility index (Phi) is 7.83. The molecule has 0 aliphatic carbocycles. The van der Waals surface area contributed by atoms with Crippen LogP contribution in [0.5, 0.6) is 0 Å². The maximum atomic E-state index is 9.40. The van der Waals surface area contributed by atoms with E-state index in [-0.39, 0.29) is 0 Å². The van der Waals surface area contributed by atoms with Gasteiger partial charge in [-0.05, 0) is 18.8 Å². The Hall–Kier alpha value is -0.480. The molecule has 0 aliphatic heterocycles. The Bertz CT molecular complexity index is 162. The van der Waals surface area contributed by atoms with Gasteiger partial charge in [0.1, 0.15) is 6.10 Å². The predicted molar refractivity (Wildman–Crippen MR) is 57.4 cm³/mol. The second-order valence-corrected chi connectivity index (χ2v) is 3.92. The number of aliphatic hydroxyl groups excluding tert-OH is 1. The van der Waals surface area contributed by atoms with E-state index in [4.69, 9.17) is 0 Å². The van der Waals surface area contributed by atoms with E-state index in [1.807, 2.05) is 0 Å². The quantitative estimate of drug-likeness (QED) is 0.512. The summed E-state index contributed by atoms with van der Waals surface area (Å²) in [4.78, 5) is 0. The van der Waals surface area contributed by atoms with E-state index >= 15 is 0 Å². The van der Waals surface area contributed by atoms with Crippen molar-refractivity contribution in [2.45, 2.75) is 59.0 Å². The zero-order chi connectivity index (χ0) is 10.1. The fraction of sp³-hybridized carbons (Fsp3) is 0.833. The van der Waals surface area contributed by atoms with Crippen LogP contribution >= 0.6 is 0 Å². The summed E-state index contributed by atoms with van der Waals surface area (Å²) in [6.07, 6.45) is 4.95. The molecule has 13 heavy (non-hydrogen) atoms. The van der Waals surface area contributed by atoms with Crippen LogP contribution in [0.3, 0.4) is 0 Å². The molecule has 1 unspecified atom stereocenters. The third-order valence-electron chi connectivity index (χ3n) is 1.87. The first-order valence-corrected chi connectivity index (χ1v) is 5.33. The molecule has 1 heteroatoms. The average Bonchev–Trinajstić information content (AvgIpc) is 2.02. The molecule has 0 saturated carbocycles. The first kappa shape index (κ1) is 12.5. The third kappa shape index (κ3) is 9.43. The van der Waals surface area contributed by atoms with Crippen LogP contribution in [0.4, 0.5) is 0 Å². The summed E-state index contributed by atoms with van der Waals surface area (Å²) < 4.78 is 0. The molecular formula is C12H22O. The lowest BCUT2D eigenvalue weighted by molar-refractivity contribution is 0.204. The van der Waals surface area contributed by atoms with Crippen molar-refractivity contribution < 1.29 is 5.11 Å². The molecule has 0 aromatic heterocycles. The Morgan fingerprint density at radius 3 is 2.46 bits per heavy atom.